The lowest BCUT2D eigenvalue weighted by atomic mass is 10.1. The van der Waals surface area contributed by atoms with Crippen molar-refractivity contribution in [3.8, 4) is 0 Å². The van der Waals surface area contributed by atoms with E-state index >= 15 is 0 Å². The zero-order valence-electron chi connectivity index (χ0n) is 10.3. The molecule has 1 aromatic heterocycles. The SMILES string of the molecule is CC1(C)C(C(=O)O)C1c1nc2cc(Cl)c(F)cc2o1. The molecule has 0 spiro atoms. The molecule has 4 nitrogen and oxygen atoms in total. The second-order valence-corrected chi connectivity index (χ2v) is 5.81. The quantitative estimate of drug-likeness (QED) is 0.917. The molecular formula is C13H11ClFNO3. The van der Waals surface area contributed by atoms with Crippen LogP contribution in [0.2, 0.25) is 5.02 Å². The molecule has 1 N–H and O–H groups in total. The third kappa shape index (κ3) is 1.72. The molecule has 0 bridgehead atoms. The van der Waals surface area contributed by atoms with Gasteiger partial charge in [-0.25, -0.2) is 9.37 Å². The smallest absolute Gasteiger partial charge is 0.307 e. The van der Waals surface area contributed by atoms with Crippen LogP contribution in [0.25, 0.3) is 11.1 Å². The van der Waals surface area contributed by atoms with Crippen molar-refractivity contribution in [1.82, 2.24) is 4.98 Å². The number of nitrogens with zero attached hydrogens (tertiary/aromatic N) is 1. The fourth-order valence-corrected chi connectivity index (χ4v) is 2.79. The van der Waals surface area contributed by atoms with E-state index in [2.05, 4.69) is 4.98 Å². The topological polar surface area (TPSA) is 63.3 Å². The summed E-state index contributed by atoms with van der Waals surface area (Å²) in [5.41, 5.74) is 0.312. The van der Waals surface area contributed by atoms with Gasteiger partial charge < -0.3 is 9.52 Å². The minimum absolute atomic E-state index is 0.0304. The number of benzene rings is 1. The number of rotatable bonds is 2. The monoisotopic (exact) mass is 283 g/mol. The van der Waals surface area contributed by atoms with Crippen LogP contribution in [-0.4, -0.2) is 16.1 Å². The number of carboxylic acids is 1. The zero-order chi connectivity index (χ0) is 13.9. The number of hydrogen-bond donors (Lipinski definition) is 1. The summed E-state index contributed by atoms with van der Waals surface area (Å²) in [6.45, 7) is 3.69. The summed E-state index contributed by atoms with van der Waals surface area (Å²) in [6, 6.07) is 2.55. The highest BCUT2D eigenvalue weighted by molar-refractivity contribution is 6.31. The molecule has 1 aromatic carbocycles. The fraction of sp³-hybridized carbons (Fsp3) is 0.385. The van der Waals surface area contributed by atoms with E-state index in [1.54, 1.807) is 0 Å². The molecule has 100 valence electrons. The maximum Gasteiger partial charge on any atom is 0.307 e. The van der Waals surface area contributed by atoms with Crippen LogP contribution < -0.4 is 0 Å². The minimum Gasteiger partial charge on any atom is -0.481 e. The molecular weight excluding hydrogens is 273 g/mol. The van der Waals surface area contributed by atoms with E-state index in [9.17, 15) is 9.18 Å². The Kier molecular flexibility index (Phi) is 2.41. The first kappa shape index (κ1) is 12.4. The minimum atomic E-state index is -0.874. The first-order valence-corrected chi connectivity index (χ1v) is 6.18. The molecule has 1 aliphatic rings. The number of hydrogen-bond acceptors (Lipinski definition) is 3. The van der Waals surface area contributed by atoms with Crippen molar-refractivity contribution in [3.63, 3.8) is 0 Å². The second-order valence-electron chi connectivity index (χ2n) is 5.40. The predicted molar refractivity (Wildman–Crippen MR) is 66.6 cm³/mol. The van der Waals surface area contributed by atoms with E-state index in [1.807, 2.05) is 13.8 Å². The highest BCUT2D eigenvalue weighted by atomic mass is 35.5. The number of aliphatic carboxylic acids is 1. The largest absolute Gasteiger partial charge is 0.481 e. The van der Waals surface area contributed by atoms with Crippen LogP contribution in [0.1, 0.15) is 25.7 Å². The lowest BCUT2D eigenvalue weighted by Crippen LogP contribution is -2.03. The summed E-state index contributed by atoms with van der Waals surface area (Å²) in [5.74, 6) is -1.95. The summed E-state index contributed by atoms with van der Waals surface area (Å²) in [6.07, 6.45) is 0. The van der Waals surface area contributed by atoms with Gasteiger partial charge in [0.15, 0.2) is 11.5 Å². The van der Waals surface area contributed by atoms with Gasteiger partial charge in [-0.05, 0) is 11.5 Å². The molecule has 2 atom stereocenters. The van der Waals surface area contributed by atoms with Gasteiger partial charge in [0.05, 0.1) is 16.9 Å². The van der Waals surface area contributed by atoms with Gasteiger partial charge in [-0.15, -0.1) is 0 Å². The normalized spacial score (nSPS) is 24.6. The van der Waals surface area contributed by atoms with Crippen molar-refractivity contribution >= 4 is 28.7 Å². The van der Waals surface area contributed by atoms with Crippen LogP contribution in [-0.2, 0) is 4.79 Å². The molecule has 6 heteroatoms. The maximum absolute atomic E-state index is 13.3. The molecule has 2 aromatic rings. The van der Waals surface area contributed by atoms with E-state index in [0.29, 0.717) is 11.4 Å². The molecule has 3 rings (SSSR count). The van der Waals surface area contributed by atoms with Gasteiger partial charge in [0.1, 0.15) is 11.3 Å². The number of halogens is 2. The van der Waals surface area contributed by atoms with Crippen LogP contribution in [0.15, 0.2) is 16.5 Å². The number of carbonyl (C=O) groups is 1. The first-order chi connectivity index (χ1) is 8.82. The van der Waals surface area contributed by atoms with Crippen molar-refractivity contribution in [3.05, 3.63) is 28.9 Å². The van der Waals surface area contributed by atoms with Crippen molar-refractivity contribution in [2.45, 2.75) is 19.8 Å². The number of aromatic nitrogens is 1. The molecule has 0 amide bonds. The van der Waals surface area contributed by atoms with Crippen LogP contribution in [0.4, 0.5) is 4.39 Å². The predicted octanol–water partition coefficient (Wildman–Crippen LogP) is 3.44. The van der Waals surface area contributed by atoms with E-state index < -0.39 is 23.1 Å². The Hall–Kier alpha value is -1.62. The first-order valence-electron chi connectivity index (χ1n) is 5.80. The summed E-state index contributed by atoms with van der Waals surface area (Å²) in [7, 11) is 0. The average molecular weight is 284 g/mol. The lowest BCUT2D eigenvalue weighted by Gasteiger charge is -1.96. The average Bonchev–Trinajstić information content (AvgIpc) is 2.67. The van der Waals surface area contributed by atoms with Crippen molar-refractivity contribution in [2.75, 3.05) is 0 Å². The molecule has 1 saturated carbocycles. The number of fused-ring (bicyclic) bond motifs is 1. The van der Waals surface area contributed by atoms with Crippen molar-refractivity contribution in [2.24, 2.45) is 11.3 Å². The molecule has 0 saturated heterocycles. The molecule has 1 heterocycles. The standard InChI is InChI=1S/C13H11ClFNO3/c1-13(2)9(10(13)12(17)18)11-16-7-3-5(14)6(15)4-8(7)19-11/h3-4,9-10H,1-2H3,(H,17,18). The van der Waals surface area contributed by atoms with E-state index in [-0.39, 0.29) is 16.5 Å². The van der Waals surface area contributed by atoms with Crippen molar-refractivity contribution < 1.29 is 18.7 Å². The Labute approximate surface area is 113 Å². The van der Waals surface area contributed by atoms with Crippen LogP contribution >= 0.6 is 11.6 Å². The zero-order valence-corrected chi connectivity index (χ0v) is 11.0. The molecule has 2 unspecified atom stereocenters. The molecule has 0 aliphatic heterocycles. The Balaban J connectivity index is 2.06. The van der Waals surface area contributed by atoms with Gasteiger partial charge in [-0.1, -0.05) is 25.4 Å². The van der Waals surface area contributed by atoms with Gasteiger partial charge >= 0.3 is 5.97 Å². The Bertz CT molecular complexity index is 655. The lowest BCUT2D eigenvalue weighted by molar-refractivity contribution is -0.139. The fourth-order valence-electron chi connectivity index (χ4n) is 2.63. The third-order valence-electron chi connectivity index (χ3n) is 3.81. The third-order valence-corrected chi connectivity index (χ3v) is 4.10. The molecule has 1 fully saturated rings. The van der Waals surface area contributed by atoms with Gasteiger partial charge in [0.2, 0.25) is 0 Å². The molecule has 1 aliphatic carbocycles. The number of carboxylic acid groups (broad SMARTS) is 1. The Morgan fingerprint density at radius 2 is 2.21 bits per heavy atom. The molecule has 0 radical (unpaired) electrons. The van der Waals surface area contributed by atoms with E-state index in [4.69, 9.17) is 21.1 Å². The van der Waals surface area contributed by atoms with Crippen LogP contribution in [0.5, 0.6) is 0 Å². The second kappa shape index (κ2) is 3.70. The van der Waals surface area contributed by atoms with Gasteiger partial charge in [0.25, 0.3) is 0 Å². The Morgan fingerprint density at radius 3 is 2.79 bits per heavy atom. The van der Waals surface area contributed by atoms with Crippen molar-refractivity contribution in [1.29, 1.82) is 0 Å². The van der Waals surface area contributed by atoms with Gasteiger partial charge in [-0.2, -0.15) is 0 Å². The van der Waals surface area contributed by atoms with Crippen LogP contribution in [0, 0.1) is 17.2 Å². The molecule has 19 heavy (non-hydrogen) atoms. The summed E-state index contributed by atoms with van der Waals surface area (Å²) >= 11 is 5.68. The summed E-state index contributed by atoms with van der Waals surface area (Å²) < 4.78 is 18.8. The van der Waals surface area contributed by atoms with E-state index in [0.717, 1.165) is 0 Å². The van der Waals surface area contributed by atoms with E-state index in [1.165, 1.54) is 12.1 Å². The number of oxazole rings is 1. The highest BCUT2D eigenvalue weighted by Gasteiger charge is 2.65. The summed E-state index contributed by atoms with van der Waals surface area (Å²) in [4.78, 5) is 15.4. The van der Waals surface area contributed by atoms with Crippen LogP contribution in [0.3, 0.4) is 0 Å². The van der Waals surface area contributed by atoms with Gasteiger partial charge in [0, 0.05) is 6.07 Å². The Morgan fingerprint density at radius 1 is 1.53 bits per heavy atom. The van der Waals surface area contributed by atoms with Gasteiger partial charge in [-0.3, -0.25) is 4.79 Å². The highest BCUT2D eigenvalue weighted by Crippen LogP contribution is 2.64. The summed E-state index contributed by atoms with van der Waals surface area (Å²) in [5, 5.41) is 9.10. The maximum atomic E-state index is 13.3.